The molecule has 2 aromatic rings. The molecule has 0 spiro atoms. The third kappa shape index (κ3) is 3.59. The average Bonchev–Trinajstić information content (AvgIpc) is 2.68. The molecule has 1 aliphatic heterocycles. The molecule has 1 fully saturated rings. The molecule has 1 saturated heterocycles. The van der Waals surface area contributed by atoms with Gasteiger partial charge in [0.05, 0.1) is 0 Å². The number of phenolic OH excluding ortho intramolecular Hbond substituents is 1. The Labute approximate surface area is 172 Å². The molecule has 2 bridgehead atoms. The van der Waals surface area contributed by atoms with E-state index in [-0.39, 0.29) is 22.4 Å². The van der Waals surface area contributed by atoms with Crippen LogP contribution in [0.5, 0.6) is 5.75 Å². The van der Waals surface area contributed by atoms with Crippen molar-refractivity contribution in [3.8, 4) is 5.75 Å². The predicted octanol–water partition coefficient (Wildman–Crippen LogP) is 5.21. The van der Waals surface area contributed by atoms with Gasteiger partial charge in [-0.05, 0) is 85.3 Å². The zero-order valence-electron chi connectivity index (χ0n) is 17.5. The second kappa shape index (κ2) is 7.24. The predicted molar refractivity (Wildman–Crippen MR) is 113 cm³/mol. The summed E-state index contributed by atoms with van der Waals surface area (Å²) in [4.78, 5) is 15.0. The van der Waals surface area contributed by atoms with Crippen LogP contribution < -0.4 is 0 Å². The van der Waals surface area contributed by atoms with Crippen LogP contribution in [0.1, 0.15) is 67.9 Å². The van der Waals surface area contributed by atoms with Crippen molar-refractivity contribution < 1.29 is 14.3 Å². The minimum atomic E-state index is -0.314. The Balaban J connectivity index is 1.46. The highest BCUT2D eigenvalue weighted by molar-refractivity contribution is 5.95. The molecule has 0 radical (unpaired) electrons. The molecule has 0 aromatic heterocycles. The van der Waals surface area contributed by atoms with Crippen LogP contribution in [-0.2, 0) is 10.8 Å². The summed E-state index contributed by atoms with van der Waals surface area (Å²) >= 11 is 0. The first kappa shape index (κ1) is 20.1. The number of likely N-dealkylation sites (tertiary alicyclic amines) is 1. The second-order valence-electron chi connectivity index (χ2n) is 9.55. The van der Waals surface area contributed by atoms with Crippen LogP contribution in [0.2, 0.25) is 0 Å². The number of ketones is 1. The summed E-state index contributed by atoms with van der Waals surface area (Å²) in [5.74, 6) is 0.113. The summed E-state index contributed by atoms with van der Waals surface area (Å²) < 4.78 is 13.1. The van der Waals surface area contributed by atoms with Gasteiger partial charge in [0, 0.05) is 23.4 Å². The smallest absolute Gasteiger partial charge is 0.162 e. The van der Waals surface area contributed by atoms with Crippen molar-refractivity contribution in [2.24, 2.45) is 0 Å². The third-order valence-electron chi connectivity index (χ3n) is 7.23. The molecule has 29 heavy (non-hydrogen) atoms. The summed E-state index contributed by atoms with van der Waals surface area (Å²) in [6.07, 6.45) is 3.42. The van der Waals surface area contributed by atoms with Crippen LogP contribution in [0.4, 0.5) is 4.39 Å². The fourth-order valence-electron chi connectivity index (χ4n) is 5.42. The Morgan fingerprint density at radius 2 is 1.86 bits per heavy atom. The van der Waals surface area contributed by atoms with E-state index in [1.165, 1.54) is 23.3 Å². The first-order valence-electron chi connectivity index (χ1n) is 10.6. The number of carbonyl (C=O) groups is 1. The number of hydrogen-bond acceptors (Lipinski definition) is 3. The maximum atomic E-state index is 13.1. The average molecular weight is 396 g/mol. The van der Waals surface area contributed by atoms with Gasteiger partial charge >= 0.3 is 0 Å². The van der Waals surface area contributed by atoms with Crippen LogP contribution in [0.25, 0.3) is 0 Å². The summed E-state index contributed by atoms with van der Waals surface area (Å²) in [5, 5.41) is 10.0. The Hall–Kier alpha value is -2.20. The molecule has 0 amide bonds. The monoisotopic (exact) mass is 395 g/mol. The van der Waals surface area contributed by atoms with Gasteiger partial charge in [0.2, 0.25) is 0 Å². The van der Waals surface area contributed by atoms with E-state index in [1.807, 2.05) is 6.07 Å². The SMILES string of the molecule is CC12CCN(CCCC(=O)c3ccc(F)cc3)C(C1)C(C)(C)c1ccc(O)cc12. The highest BCUT2D eigenvalue weighted by atomic mass is 19.1. The van der Waals surface area contributed by atoms with Gasteiger partial charge in [-0.1, -0.05) is 26.8 Å². The third-order valence-corrected chi connectivity index (χ3v) is 7.23. The molecular weight excluding hydrogens is 365 g/mol. The van der Waals surface area contributed by atoms with E-state index in [1.54, 1.807) is 18.2 Å². The summed E-state index contributed by atoms with van der Waals surface area (Å²) in [6.45, 7) is 8.82. The van der Waals surface area contributed by atoms with Gasteiger partial charge in [0.15, 0.2) is 5.78 Å². The minimum Gasteiger partial charge on any atom is -0.508 e. The van der Waals surface area contributed by atoms with E-state index in [4.69, 9.17) is 0 Å². The zero-order chi connectivity index (χ0) is 20.8. The van der Waals surface area contributed by atoms with Gasteiger partial charge in [-0.25, -0.2) is 4.39 Å². The molecule has 1 heterocycles. The Morgan fingerprint density at radius 1 is 1.14 bits per heavy atom. The van der Waals surface area contributed by atoms with Crippen molar-refractivity contribution in [1.29, 1.82) is 0 Å². The van der Waals surface area contributed by atoms with Crippen molar-refractivity contribution in [3.63, 3.8) is 0 Å². The van der Waals surface area contributed by atoms with Crippen LogP contribution in [-0.4, -0.2) is 34.9 Å². The summed E-state index contributed by atoms with van der Waals surface area (Å²) in [5.41, 5.74) is 3.30. The Kier molecular flexibility index (Phi) is 5.02. The Bertz CT molecular complexity index is 921. The van der Waals surface area contributed by atoms with Crippen LogP contribution >= 0.6 is 0 Å². The molecular formula is C25H30FNO2. The first-order valence-corrected chi connectivity index (χ1v) is 10.6. The van der Waals surface area contributed by atoms with E-state index in [0.29, 0.717) is 23.8 Å². The van der Waals surface area contributed by atoms with Crippen molar-refractivity contribution in [2.45, 2.75) is 63.3 Å². The fourth-order valence-corrected chi connectivity index (χ4v) is 5.42. The highest BCUT2D eigenvalue weighted by Crippen LogP contribution is 2.52. The number of phenols is 1. The zero-order valence-corrected chi connectivity index (χ0v) is 17.5. The maximum absolute atomic E-state index is 13.1. The van der Waals surface area contributed by atoms with Crippen LogP contribution in [0, 0.1) is 5.82 Å². The molecule has 2 unspecified atom stereocenters. The lowest BCUT2D eigenvalue weighted by Gasteiger charge is -2.57. The van der Waals surface area contributed by atoms with E-state index < -0.39 is 0 Å². The van der Waals surface area contributed by atoms with Crippen molar-refractivity contribution in [3.05, 3.63) is 65.0 Å². The molecule has 4 heteroatoms. The number of carbonyl (C=O) groups excluding carboxylic acids is 1. The van der Waals surface area contributed by atoms with E-state index >= 15 is 0 Å². The molecule has 3 nitrogen and oxygen atoms in total. The number of nitrogens with zero attached hydrogens (tertiary/aromatic N) is 1. The summed E-state index contributed by atoms with van der Waals surface area (Å²) in [7, 11) is 0. The van der Waals surface area contributed by atoms with Gasteiger partial charge in [-0.2, -0.15) is 0 Å². The van der Waals surface area contributed by atoms with E-state index in [0.717, 1.165) is 32.4 Å². The largest absolute Gasteiger partial charge is 0.508 e. The molecule has 1 N–H and O–H groups in total. The number of benzene rings is 2. The lowest BCUT2D eigenvalue weighted by Crippen LogP contribution is -2.59. The van der Waals surface area contributed by atoms with Crippen LogP contribution in [0.15, 0.2) is 42.5 Å². The standard InChI is InChI=1S/C25H30FNO2/c1-24(2)20-11-10-19(28)15-21(20)25(3)12-14-27(23(24)16-25)13-4-5-22(29)17-6-8-18(26)9-7-17/h6-11,15,23,28H,4-5,12-14,16H2,1-3H3. The number of rotatable bonds is 5. The number of fused-ring (bicyclic) bond motifs is 4. The number of Topliss-reactive ketones (excluding diaryl/α,β-unsaturated/α-hetero) is 1. The van der Waals surface area contributed by atoms with Crippen LogP contribution in [0.3, 0.4) is 0 Å². The van der Waals surface area contributed by atoms with Gasteiger partial charge in [0.1, 0.15) is 11.6 Å². The quantitative estimate of drug-likeness (QED) is 0.707. The maximum Gasteiger partial charge on any atom is 0.162 e. The normalized spacial score (nSPS) is 25.4. The van der Waals surface area contributed by atoms with E-state index in [2.05, 4.69) is 31.7 Å². The lowest BCUT2D eigenvalue weighted by molar-refractivity contribution is 0.0375. The first-order chi connectivity index (χ1) is 13.7. The molecule has 2 aromatic carbocycles. The summed E-state index contributed by atoms with van der Waals surface area (Å²) in [6, 6.07) is 12.1. The van der Waals surface area contributed by atoms with Gasteiger partial charge < -0.3 is 5.11 Å². The van der Waals surface area contributed by atoms with Gasteiger partial charge in [-0.15, -0.1) is 0 Å². The number of halogens is 1. The number of aromatic hydroxyl groups is 1. The molecule has 154 valence electrons. The fraction of sp³-hybridized carbons (Fsp3) is 0.480. The topological polar surface area (TPSA) is 40.5 Å². The molecule has 0 saturated carbocycles. The molecule has 2 atom stereocenters. The van der Waals surface area contributed by atoms with Crippen molar-refractivity contribution in [1.82, 2.24) is 4.90 Å². The van der Waals surface area contributed by atoms with Crippen molar-refractivity contribution in [2.75, 3.05) is 13.1 Å². The Morgan fingerprint density at radius 3 is 2.59 bits per heavy atom. The van der Waals surface area contributed by atoms with Gasteiger partial charge in [-0.3, -0.25) is 9.69 Å². The second-order valence-corrected chi connectivity index (χ2v) is 9.55. The van der Waals surface area contributed by atoms with Gasteiger partial charge in [0.25, 0.3) is 0 Å². The van der Waals surface area contributed by atoms with E-state index in [9.17, 15) is 14.3 Å². The molecule has 2 aliphatic rings. The minimum absolute atomic E-state index is 0.00999. The lowest BCUT2D eigenvalue weighted by atomic mass is 9.56. The van der Waals surface area contributed by atoms with Crippen molar-refractivity contribution >= 4 is 5.78 Å². The number of piperidine rings is 1. The molecule has 1 aliphatic carbocycles. The molecule has 4 rings (SSSR count). The number of hydrogen-bond donors (Lipinski definition) is 1. The highest BCUT2D eigenvalue weighted by Gasteiger charge is 2.50.